The molecule has 0 aliphatic carbocycles. The Morgan fingerprint density at radius 3 is 2.45 bits per heavy atom. The Morgan fingerprint density at radius 2 is 1.71 bits per heavy atom. The third kappa shape index (κ3) is 5.29. The van der Waals surface area contributed by atoms with E-state index in [-0.39, 0.29) is 0 Å². The van der Waals surface area contributed by atoms with Crippen LogP contribution in [0.2, 0.25) is 0 Å². The lowest BCUT2D eigenvalue weighted by Gasteiger charge is -2.32. The third-order valence-corrected chi connectivity index (χ3v) is 7.29. The molecule has 6 rings (SSSR count). The Bertz CT molecular complexity index is 1520. The molecule has 5 aromatic rings. The van der Waals surface area contributed by atoms with Crippen molar-refractivity contribution in [3.05, 3.63) is 95.9 Å². The Hall–Kier alpha value is -4.48. The van der Waals surface area contributed by atoms with Crippen molar-refractivity contribution in [2.75, 3.05) is 25.0 Å². The second-order valence-corrected chi connectivity index (χ2v) is 9.78. The highest BCUT2D eigenvalue weighted by atomic mass is 16.5. The molecule has 3 aromatic carbocycles. The first kappa shape index (κ1) is 23.9. The van der Waals surface area contributed by atoms with E-state index in [1.165, 1.54) is 12.0 Å². The molecule has 0 atom stereocenters. The second-order valence-electron chi connectivity index (χ2n) is 9.78. The van der Waals surface area contributed by atoms with Crippen LogP contribution in [0, 0.1) is 11.3 Å². The number of hydrogen-bond acceptors (Lipinski definition) is 7. The van der Waals surface area contributed by atoms with Gasteiger partial charge < -0.3 is 19.3 Å². The standard InChI is InChI=1S/C30H29N7O/c31-19-23-5-7-24(8-6-23)20-37-28-4-2-1-3-27(28)34-30(37)33-26-14-17-36(18-15-26)16-13-22-9-11-25(12-10-22)29-32-21-38-35-29/h1-12,21,26H,13-18,20H2,(H,33,34). The molecule has 8 nitrogen and oxygen atoms in total. The maximum absolute atomic E-state index is 9.12. The molecule has 1 aliphatic rings. The minimum Gasteiger partial charge on any atom is -0.353 e. The van der Waals surface area contributed by atoms with Gasteiger partial charge in [0.2, 0.25) is 18.2 Å². The number of benzene rings is 3. The normalized spacial score (nSPS) is 14.5. The van der Waals surface area contributed by atoms with Crippen molar-refractivity contribution < 1.29 is 4.52 Å². The summed E-state index contributed by atoms with van der Waals surface area (Å²) in [6.07, 6.45) is 4.53. The van der Waals surface area contributed by atoms with Crippen molar-refractivity contribution in [1.29, 1.82) is 5.26 Å². The van der Waals surface area contributed by atoms with Gasteiger partial charge in [-0.05, 0) is 54.7 Å². The Kier molecular flexibility index (Phi) is 6.83. The van der Waals surface area contributed by atoms with Crippen LogP contribution in [0.15, 0.2) is 83.7 Å². The number of para-hydroxylation sites is 2. The van der Waals surface area contributed by atoms with Crippen LogP contribution in [-0.4, -0.2) is 50.3 Å². The van der Waals surface area contributed by atoms with Gasteiger partial charge in [0.05, 0.1) is 29.2 Å². The molecule has 1 fully saturated rings. The number of nitriles is 1. The van der Waals surface area contributed by atoms with E-state index in [1.54, 1.807) is 0 Å². The zero-order valence-electron chi connectivity index (χ0n) is 21.1. The lowest BCUT2D eigenvalue weighted by atomic mass is 10.0. The fourth-order valence-electron chi connectivity index (χ4n) is 5.10. The van der Waals surface area contributed by atoms with Gasteiger partial charge in [0.15, 0.2) is 0 Å². The van der Waals surface area contributed by atoms with Crippen molar-refractivity contribution >= 4 is 17.0 Å². The molecular weight excluding hydrogens is 474 g/mol. The molecule has 1 N–H and O–H groups in total. The highest BCUT2D eigenvalue weighted by Gasteiger charge is 2.21. The fourth-order valence-corrected chi connectivity index (χ4v) is 5.10. The molecule has 8 heteroatoms. The van der Waals surface area contributed by atoms with Crippen LogP contribution < -0.4 is 5.32 Å². The molecule has 0 spiro atoms. The summed E-state index contributed by atoms with van der Waals surface area (Å²) in [6.45, 7) is 3.88. The summed E-state index contributed by atoms with van der Waals surface area (Å²) >= 11 is 0. The molecule has 2 aromatic heterocycles. The van der Waals surface area contributed by atoms with Crippen LogP contribution >= 0.6 is 0 Å². The molecule has 190 valence electrons. The summed E-state index contributed by atoms with van der Waals surface area (Å²) in [5.74, 6) is 1.53. The van der Waals surface area contributed by atoms with Crippen LogP contribution in [-0.2, 0) is 13.0 Å². The van der Waals surface area contributed by atoms with Crippen molar-refractivity contribution in [3.63, 3.8) is 0 Å². The predicted octanol–water partition coefficient (Wildman–Crippen LogP) is 5.13. The summed E-state index contributed by atoms with van der Waals surface area (Å²) in [6, 6.07) is 27.1. The van der Waals surface area contributed by atoms with Crippen molar-refractivity contribution in [3.8, 4) is 17.5 Å². The quantitative estimate of drug-likeness (QED) is 0.314. The maximum Gasteiger partial charge on any atom is 0.214 e. The van der Waals surface area contributed by atoms with E-state index in [1.807, 2.05) is 30.3 Å². The van der Waals surface area contributed by atoms with Gasteiger partial charge in [0.1, 0.15) is 0 Å². The monoisotopic (exact) mass is 503 g/mol. The number of anilines is 1. The molecule has 0 unspecified atom stereocenters. The minimum atomic E-state index is 0.386. The summed E-state index contributed by atoms with van der Waals surface area (Å²) in [4.78, 5) is 11.6. The summed E-state index contributed by atoms with van der Waals surface area (Å²) in [5.41, 5.74) is 6.22. The maximum atomic E-state index is 9.12. The number of piperidine rings is 1. The SMILES string of the molecule is N#Cc1ccc(Cn2c(NC3CCN(CCc4ccc(-c5ncon5)cc4)CC3)nc3ccccc32)cc1. The van der Waals surface area contributed by atoms with Crippen LogP contribution in [0.4, 0.5) is 5.95 Å². The molecule has 0 radical (unpaired) electrons. The van der Waals surface area contributed by atoms with E-state index in [9.17, 15) is 0 Å². The number of nitrogens with zero attached hydrogens (tertiary/aromatic N) is 6. The summed E-state index contributed by atoms with van der Waals surface area (Å²) < 4.78 is 7.09. The van der Waals surface area contributed by atoms with Gasteiger partial charge in [0.25, 0.3) is 0 Å². The van der Waals surface area contributed by atoms with Gasteiger partial charge in [-0.3, -0.25) is 0 Å². The Morgan fingerprint density at radius 1 is 0.947 bits per heavy atom. The van der Waals surface area contributed by atoms with E-state index < -0.39 is 0 Å². The lowest BCUT2D eigenvalue weighted by molar-refractivity contribution is 0.221. The van der Waals surface area contributed by atoms with E-state index >= 15 is 0 Å². The Balaban J connectivity index is 1.06. The fraction of sp³-hybridized carbons (Fsp3) is 0.267. The van der Waals surface area contributed by atoms with Crippen molar-refractivity contribution in [1.82, 2.24) is 24.6 Å². The van der Waals surface area contributed by atoms with Crippen molar-refractivity contribution in [2.45, 2.75) is 31.8 Å². The minimum absolute atomic E-state index is 0.386. The number of aromatic nitrogens is 4. The van der Waals surface area contributed by atoms with Crippen molar-refractivity contribution in [2.24, 2.45) is 0 Å². The zero-order valence-corrected chi connectivity index (χ0v) is 21.1. The van der Waals surface area contributed by atoms with E-state index in [0.29, 0.717) is 24.0 Å². The molecule has 38 heavy (non-hydrogen) atoms. The Labute approximate surface area is 221 Å². The second kappa shape index (κ2) is 10.9. The van der Waals surface area contributed by atoms with Crippen LogP contribution in [0.25, 0.3) is 22.4 Å². The number of nitrogens with one attached hydrogen (secondary N) is 1. The highest BCUT2D eigenvalue weighted by Crippen LogP contribution is 2.24. The van der Waals surface area contributed by atoms with Gasteiger partial charge >= 0.3 is 0 Å². The molecule has 1 saturated heterocycles. The molecular formula is C30H29N7O. The van der Waals surface area contributed by atoms with Gasteiger partial charge in [-0.1, -0.05) is 53.7 Å². The summed E-state index contributed by atoms with van der Waals surface area (Å²) in [7, 11) is 0. The lowest BCUT2D eigenvalue weighted by Crippen LogP contribution is -2.40. The zero-order chi connectivity index (χ0) is 25.7. The van der Waals surface area contributed by atoms with Gasteiger partial charge in [-0.2, -0.15) is 10.2 Å². The number of hydrogen-bond donors (Lipinski definition) is 1. The van der Waals surface area contributed by atoms with Gasteiger partial charge in [0, 0.05) is 31.2 Å². The first-order valence-electron chi connectivity index (χ1n) is 13.0. The van der Waals surface area contributed by atoms with E-state index in [0.717, 1.165) is 67.0 Å². The van der Waals surface area contributed by atoms with Gasteiger partial charge in [-0.15, -0.1) is 0 Å². The number of imidazole rings is 1. The van der Waals surface area contributed by atoms with E-state index in [4.69, 9.17) is 14.8 Å². The third-order valence-electron chi connectivity index (χ3n) is 7.29. The van der Waals surface area contributed by atoms with Crippen LogP contribution in [0.3, 0.4) is 0 Å². The molecule has 0 saturated carbocycles. The van der Waals surface area contributed by atoms with Crippen LogP contribution in [0.5, 0.6) is 0 Å². The largest absolute Gasteiger partial charge is 0.353 e. The average molecular weight is 504 g/mol. The van der Waals surface area contributed by atoms with Crippen LogP contribution in [0.1, 0.15) is 29.5 Å². The average Bonchev–Trinajstić information content (AvgIpc) is 3.62. The van der Waals surface area contributed by atoms with Gasteiger partial charge in [-0.25, -0.2) is 4.98 Å². The molecule has 1 aliphatic heterocycles. The molecule has 0 bridgehead atoms. The number of rotatable bonds is 8. The number of likely N-dealkylation sites (tertiary alicyclic amines) is 1. The van der Waals surface area contributed by atoms with E-state index in [2.05, 4.69) is 73.5 Å². The summed E-state index contributed by atoms with van der Waals surface area (Å²) in [5, 5.41) is 16.8. The predicted molar refractivity (Wildman–Crippen MR) is 147 cm³/mol. The molecule has 3 heterocycles. The highest BCUT2D eigenvalue weighted by molar-refractivity contribution is 5.78. The first-order chi connectivity index (χ1) is 18.7. The smallest absolute Gasteiger partial charge is 0.214 e. The number of fused-ring (bicyclic) bond motifs is 1. The molecule has 0 amide bonds. The first-order valence-corrected chi connectivity index (χ1v) is 13.0. The topological polar surface area (TPSA) is 95.8 Å².